The Balaban J connectivity index is 1.95. The van der Waals surface area contributed by atoms with Gasteiger partial charge in [0.15, 0.2) is 0 Å². The third-order valence-electron chi connectivity index (χ3n) is 4.31. The van der Waals surface area contributed by atoms with E-state index in [1.165, 1.54) is 13.5 Å². The number of urea groups is 1. The molecule has 2 aliphatic rings. The number of carbonyl (C=O) groups excluding carboxylic acids is 2. The highest BCUT2D eigenvalue weighted by atomic mass is 16.5. The van der Waals surface area contributed by atoms with Gasteiger partial charge in [0.05, 0.1) is 13.0 Å². The Hall–Kier alpha value is -1.26. The third kappa shape index (κ3) is 3.01. The van der Waals surface area contributed by atoms with E-state index in [1.807, 2.05) is 16.7 Å². The number of methoxy groups -OCH3 is 1. The monoisotopic (exact) mass is 268 g/mol. The van der Waals surface area contributed by atoms with Crippen LogP contribution in [-0.4, -0.2) is 55.1 Å². The highest BCUT2D eigenvalue weighted by Gasteiger charge is 2.39. The normalized spacial score (nSPS) is 31.4. The maximum absolute atomic E-state index is 12.4. The Morgan fingerprint density at radius 1 is 1.11 bits per heavy atom. The predicted octanol–water partition coefficient (Wildman–Crippen LogP) is 1.58. The first-order valence-electron chi connectivity index (χ1n) is 7.14. The fraction of sp³-hybridized carbons (Fsp3) is 0.857. The van der Waals surface area contributed by atoms with E-state index in [9.17, 15) is 9.59 Å². The SMILES string of the molecule is COC(=O)C1CN(C(=O)N2CCCC(C)C2)CC1C. The van der Waals surface area contributed by atoms with Crippen LogP contribution < -0.4 is 0 Å². The zero-order valence-corrected chi connectivity index (χ0v) is 12.1. The van der Waals surface area contributed by atoms with E-state index in [-0.39, 0.29) is 23.8 Å². The fourth-order valence-electron chi connectivity index (χ4n) is 3.14. The molecule has 5 nitrogen and oxygen atoms in total. The van der Waals surface area contributed by atoms with Crippen molar-refractivity contribution in [1.82, 2.24) is 9.80 Å². The molecule has 5 heteroatoms. The van der Waals surface area contributed by atoms with Crippen molar-refractivity contribution >= 4 is 12.0 Å². The molecule has 0 aromatic heterocycles. The molecular weight excluding hydrogens is 244 g/mol. The van der Waals surface area contributed by atoms with Crippen LogP contribution >= 0.6 is 0 Å². The van der Waals surface area contributed by atoms with Gasteiger partial charge in [-0.05, 0) is 24.7 Å². The van der Waals surface area contributed by atoms with E-state index < -0.39 is 0 Å². The van der Waals surface area contributed by atoms with Gasteiger partial charge in [-0.2, -0.15) is 0 Å². The van der Waals surface area contributed by atoms with Gasteiger partial charge in [-0.1, -0.05) is 13.8 Å². The number of hydrogen-bond donors (Lipinski definition) is 0. The Morgan fingerprint density at radius 2 is 1.84 bits per heavy atom. The number of carbonyl (C=O) groups is 2. The van der Waals surface area contributed by atoms with Gasteiger partial charge in [0.25, 0.3) is 0 Å². The van der Waals surface area contributed by atoms with Crippen LogP contribution in [0, 0.1) is 17.8 Å². The lowest BCUT2D eigenvalue weighted by Gasteiger charge is -2.34. The van der Waals surface area contributed by atoms with Crippen LogP contribution in [0.15, 0.2) is 0 Å². The first-order chi connectivity index (χ1) is 9.02. The lowest BCUT2D eigenvalue weighted by molar-refractivity contribution is -0.146. The minimum Gasteiger partial charge on any atom is -0.469 e. The van der Waals surface area contributed by atoms with Gasteiger partial charge in [-0.3, -0.25) is 4.79 Å². The molecule has 19 heavy (non-hydrogen) atoms. The van der Waals surface area contributed by atoms with Crippen molar-refractivity contribution in [2.45, 2.75) is 26.7 Å². The van der Waals surface area contributed by atoms with Crippen molar-refractivity contribution in [3.63, 3.8) is 0 Å². The highest BCUT2D eigenvalue weighted by molar-refractivity contribution is 5.78. The highest BCUT2D eigenvalue weighted by Crippen LogP contribution is 2.26. The molecule has 0 aromatic carbocycles. The van der Waals surface area contributed by atoms with Crippen molar-refractivity contribution in [3.05, 3.63) is 0 Å². The number of ether oxygens (including phenoxy) is 1. The lowest BCUT2D eigenvalue weighted by Crippen LogP contribution is -2.46. The van der Waals surface area contributed by atoms with Crippen molar-refractivity contribution < 1.29 is 14.3 Å². The molecule has 2 saturated heterocycles. The molecule has 2 rings (SSSR count). The summed E-state index contributed by atoms with van der Waals surface area (Å²) in [6.45, 7) is 7.03. The molecule has 0 aliphatic carbocycles. The zero-order valence-electron chi connectivity index (χ0n) is 12.1. The topological polar surface area (TPSA) is 49.9 Å². The lowest BCUT2D eigenvalue weighted by atomic mass is 9.99. The smallest absolute Gasteiger partial charge is 0.320 e. The maximum atomic E-state index is 12.4. The van der Waals surface area contributed by atoms with Crippen LogP contribution in [0.4, 0.5) is 4.79 Å². The molecular formula is C14H24N2O3. The molecule has 2 aliphatic heterocycles. The number of amides is 2. The summed E-state index contributed by atoms with van der Waals surface area (Å²) < 4.78 is 4.80. The summed E-state index contributed by atoms with van der Waals surface area (Å²) in [7, 11) is 1.41. The molecule has 0 radical (unpaired) electrons. The molecule has 3 unspecified atom stereocenters. The van der Waals surface area contributed by atoms with Crippen LogP contribution in [0.1, 0.15) is 26.7 Å². The van der Waals surface area contributed by atoms with E-state index in [2.05, 4.69) is 6.92 Å². The minimum atomic E-state index is -0.199. The summed E-state index contributed by atoms with van der Waals surface area (Å²) in [6, 6.07) is 0.0878. The van der Waals surface area contributed by atoms with Gasteiger partial charge in [0.1, 0.15) is 0 Å². The van der Waals surface area contributed by atoms with Crippen molar-refractivity contribution in [2.75, 3.05) is 33.3 Å². The molecule has 0 bridgehead atoms. The first kappa shape index (κ1) is 14.2. The van der Waals surface area contributed by atoms with Crippen LogP contribution in [0.3, 0.4) is 0 Å². The number of piperidine rings is 1. The second-order valence-corrected chi connectivity index (χ2v) is 5.99. The van der Waals surface area contributed by atoms with Gasteiger partial charge in [0.2, 0.25) is 0 Å². The molecule has 0 spiro atoms. The number of esters is 1. The Morgan fingerprint density at radius 3 is 2.47 bits per heavy atom. The first-order valence-corrected chi connectivity index (χ1v) is 7.14. The fourth-order valence-corrected chi connectivity index (χ4v) is 3.14. The third-order valence-corrected chi connectivity index (χ3v) is 4.31. The van der Waals surface area contributed by atoms with Crippen molar-refractivity contribution in [2.24, 2.45) is 17.8 Å². The molecule has 0 aromatic rings. The Bertz CT molecular complexity index is 359. The summed E-state index contributed by atoms with van der Waals surface area (Å²) in [5.41, 5.74) is 0. The molecule has 0 saturated carbocycles. The van der Waals surface area contributed by atoms with E-state index in [0.717, 1.165) is 19.5 Å². The number of nitrogens with zero attached hydrogens (tertiary/aromatic N) is 2. The van der Waals surface area contributed by atoms with Gasteiger partial charge in [-0.25, -0.2) is 4.79 Å². The van der Waals surface area contributed by atoms with Gasteiger partial charge >= 0.3 is 12.0 Å². The van der Waals surface area contributed by atoms with Crippen LogP contribution in [0.5, 0.6) is 0 Å². The Labute approximate surface area is 114 Å². The maximum Gasteiger partial charge on any atom is 0.320 e. The standard InChI is InChI=1S/C14H24N2O3/c1-10-5-4-6-15(7-10)14(18)16-8-11(2)12(9-16)13(17)19-3/h10-12H,4-9H2,1-3H3. The van der Waals surface area contributed by atoms with E-state index in [4.69, 9.17) is 4.74 Å². The van der Waals surface area contributed by atoms with Crippen LogP contribution in [-0.2, 0) is 9.53 Å². The number of rotatable bonds is 1. The predicted molar refractivity (Wildman–Crippen MR) is 71.6 cm³/mol. The van der Waals surface area contributed by atoms with Gasteiger partial charge in [0, 0.05) is 26.2 Å². The van der Waals surface area contributed by atoms with Crippen molar-refractivity contribution in [3.8, 4) is 0 Å². The average molecular weight is 268 g/mol. The van der Waals surface area contributed by atoms with Gasteiger partial charge < -0.3 is 14.5 Å². The van der Waals surface area contributed by atoms with Gasteiger partial charge in [-0.15, -0.1) is 0 Å². The van der Waals surface area contributed by atoms with Crippen LogP contribution in [0.2, 0.25) is 0 Å². The molecule has 0 N–H and O–H groups in total. The quantitative estimate of drug-likeness (QED) is 0.678. The molecule has 108 valence electrons. The zero-order chi connectivity index (χ0) is 14.0. The summed E-state index contributed by atoms with van der Waals surface area (Å²) in [5.74, 6) is 0.388. The second kappa shape index (κ2) is 5.80. The summed E-state index contributed by atoms with van der Waals surface area (Å²) in [5, 5.41) is 0. The number of likely N-dealkylation sites (tertiary alicyclic amines) is 2. The summed E-state index contributed by atoms with van der Waals surface area (Å²) in [4.78, 5) is 27.8. The summed E-state index contributed by atoms with van der Waals surface area (Å²) >= 11 is 0. The average Bonchev–Trinajstić information content (AvgIpc) is 2.79. The molecule has 2 heterocycles. The second-order valence-electron chi connectivity index (χ2n) is 5.99. The van der Waals surface area contributed by atoms with Crippen molar-refractivity contribution in [1.29, 1.82) is 0 Å². The molecule has 2 fully saturated rings. The summed E-state index contributed by atoms with van der Waals surface area (Å²) in [6.07, 6.45) is 2.28. The minimum absolute atomic E-state index is 0.0878. The largest absolute Gasteiger partial charge is 0.469 e. The molecule has 3 atom stereocenters. The Kier molecular flexibility index (Phi) is 4.32. The number of hydrogen-bond acceptors (Lipinski definition) is 3. The van der Waals surface area contributed by atoms with Crippen LogP contribution in [0.25, 0.3) is 0 Å². The van der Waals surface area contributed by atoms with E-state index in [0.29, 0.717) is 19.0 Å². The van der Waals surface area contributed by atoms with E-state index in [1.54, 1.807) is 0 Å². The van der Waals surface area contributed by atoms with E-state index >= 15 is 0 Å². The molecule has 2 amide bonds.